The molecule has 1 aromatic heterocycles. The lowest BCUT2D eigenvalue weighted by Crippen LogP contribution is -2.35. The summed E-state index contributed by atoms with van der Waals surface area (Å²) in [6, 6.07) is 4.87. The molecule has 2 aromatic carbocycles. The van der Waals surface area contributed by atoms with Crippen molar-refractivity contribution in [2.45, 2.75) is 19.1 Å². The van der Waals surface area contributed by atoms with E-state index in [1.165, 1.54) is 0 Å². The van der Waals surface area contributed by atoms with Gasteiger partial charge in [-0.2, -0.15) is 13.2 Å². The van der Waals surface area contributed by atoms with Crippen molar-refractivity contribution in [2.24, 2.45) is 0 Å². The van der Waals surface area contributed by atoms with Gasteiger partial charge in [-0.1, -0.05) is 0 Å². The Morgan fingerprint density at radius 2 is 1.87 bits per heavy atom. The second-order valence-corrected chi connectivity index (χ2v) is 6.47. The number of aliphatic hydroxyl groups is 1. The number of benzene rings is 2. The maximum atomic E-state index is 14.3. The number of aliphatic hydroxyl groups excluding tert-OH is 1. The predicted molar refractivity (Wildman–Crippen MR) is 97.2 cm³/mol. The minimum absolute atomic E-state index is 0.0456. The summed E-state index contributed by atoms with van der Waals surface area (Å²) >= 11 is 0. The van der Waals surface area contributed by atoms with Crippen LogP contribution in [0.2, 0.25) is 0 Å². The van der Waals surface area contributed by atoms with Crippen molar-refractivity contribution >= 4 is 16.8 Å². The number of carbonyl (C=O) groups excluding carboxylic acids is 1. The van der Waals surface area contributed by atoms with Gasteiger partial charge in [0.05, 0.1) is 17.7 Å². The topological polar surface area (TPSA) is 71.5 Å². The Hall–Kier alpha value is -3.27. The fourth-order valence-electron chi connectivity index (χ4n) is 2.60. The molecule has 0 saturated carbocycles. The van der Waals surface area contributed by atoms with Crippen molar-refractivity contribution < 1.29 is 36.6 Å². The maximum Gasteiger partial charge on any atom is 0.416 e. The highest BCUT2D eigenvalue weighted by molar-refractivity contribution is 5.98. The number of alkyl halides is 3. The molecule has 1 heterocycles. The molecule has 1 amide bonds. The number of fused-ring (bicyclic) bond motifs is 1. The number of hydrogen-bond donors (Lipinski definition) is 2. The van der Waals surface area contributed by atoms with E-state index in [-0.39, 0.29) is 34.6 Å². The first kappa shape index (κ1) is 21.4. The molecule has 0 aliphatic heterocycles. The number of halogens is 5. The third-order valence-corrected chi connectivity index (χ3v) is 4.15. The van der Waals surface area contributed by atoms with Gasteiger partial charge in [-0.05, 0) is 37.3 Å². The summed E-state index contributed by atoms with van der Waals surface area (Å²) in [5, 5.41) is 11.1. The first-order valence-corrected chi connectivity index (χ1v) is 8.64. The lowest BCUT2D eigenvalue weighted by Gasteiger charge is -2.13. The zero-order chi connectivity index (χ0) is 22.1. The average Bonchev–Trinajstić information content (AvgIpc) is 2.71. The summed E-state index contributed by atoms with van der Waals surface area (Å²) in [5.41, 5.74) is -1.09. The second-order valence-electron chi connectivity index (χ2n) is 6.47. The summed E-state index contributed by atoms with van der Waals surface area (Å²) in [4.78, 5) is 16.1. The van der Waals surface area contributed by atoms with E-state index >= 15 is 0 Å². The highest BCUT2D eigenvalue weighted by atomic mass is 19.4. The third-order valence-electron chi connectivity index (χ3n) is 4.15. The smallest absolute Gasteiger partial charge is 0.416 e. The van der Waals surface area contributed by atoms with Crippen molar-refractivity contribution in [3.05, 3.63) is 65.4 Å². The summed E-state index contributed by atoms with van der Waals surface area (Å²) in [6.45, 7) is 1.23. The first-order chi connectivity index (χ1) is 14.1. The van der Waals surface area contributed by atoms with Crippen molar-refractivity contribution in [3.63, 3.8) is 0 Å². The van der Waals surface area contributed by atoms with Crippen LogP contribution < -0.4 is 10.1 Å². The Kier molecular flexibility index (Phi) is 5.88. The number of pyridine rings is 1. The number of carbonyl (C=O) groups is 1. The SMILES string of the molecule is C[C@H](CO)NC(=O)c1cnc2c(Oc3ccc(C(F)(F)F)cc3)cc(F)c(F)c2c1. The summed E-state index contributed by atoms with van der Waals surface area (Å²) in [7, 11) is 0. The molecule has 1 atom stereocenters. The summed E-state index contributed by atoms with van der Waals surface area (Å²) < 4.78 is 71.8. The second kappa shape index (κ2) is 8.23. The molecule has 0 aliphatic rings. The number of hydrogen-bond acceptors (Lipinski definition) is 4. The molecule has 10 heteroatoms. The molecule has 5 nitrogen and oxygen atoms in total. The lowest BCUT2D eigenvalue weighted by molar-refractivity contribution is -0.137. The van der Waals surface area contributed by atoms with Gasteiger partial charge in [-0.25, -0.2) is 8.78 Å². The molecule has 0 radical (unpaired) electrons. The van der Waals surface area contributed by atoms with E-state index in [9.17, 15) is 26.7 Å². The quantitative estimate of drug-likeness (QED) is 0.592. The minimum atomic E-state index is -4.53. The Bertz CT molecular complexity index is 1080. The van der Waals surface area contributed by atoms with Gasteiger partial charge in [0.15, 0.2) is 17.4 Å². The van der Waals surface area contributed by atoms with Gasteiger partial charge >= 0.3 is 6.18 Å². The van der Waals surface area contributed by atoms with E-state index in [0.29, 0.717) is 0 Å². The van der Waals surface area contributed by atoms with E-state index < -0.39 is 35.3 Å². The van der Waals surface area contributed by atoms with E-state index in [1.807, 2.05) is 0 Å². The molecule has 0 unspecified atom stereocenters. The van der Waals surface area contributed by atoms with Crippen LogP contribution in [0.15, 0.2) is 42.6 Å². The molecule has 2 N–H and O–H groups in total. The Labute approximate surface area is 167 Å². The molecule has 0 aliphatic carbocycles. The van der Waals surface area contributed by atoms with Gasteiger partial charge in [-0.3, -0.25) is 9.78 Å². The van der Waals surface area contributed by atoms with E-state index in [1.54, 1.807) is 6.92 Å². The van der Waals surface area contributed by atoms with Gasteiger partial charge in [-0.15, -0.1) is 0 Å². The van der Waals surface area contributed by atoms with Crippen molar-refractivity contribution in [1.29, 1.82) is 0 Å². The zero-order valence-corrected chi connectivity index (χ0v) is 15.4. The third kappa shape index (κ3) is 4.48. The number of ether oxygens (including phenoxy) is 1. The van der Waals surface area contributed by atoms with Gasteiger partial charge in [0.1, 0.15) is 11.3 Å². The molecule has 3 rings (SSSR count). The zero-order valence-electron chi connectivity index (χ0n) is 15.4. The molecule has 0 fully saturated rings. The molecular weight excluding hydrogens is 411 g/mol. The molecule has 0 bridgehead atoms. The van der Waals surface area contributed by atoms with Crippen LogP contribution >= 0.6 is 0 Å². The predicted octanol–water partition coefficient (Wildman–Crippen LogP) is 4.43. The first-order valence-electron chi connectivity index (χ1n) is 8.64. The van der Waals surface area contributed by atoms with Crippen LogP contribution in [0.25, 0.3) is 10.9 Å². The molecular formula is C20H15F5N2O3. The van der Waals surface area contributed by atoms with Crippen LogP contribution in [0.1, 0.15) is 22.8 Å². The molecule has 30 heavy (non-hydrogen) atoms. The number of nitrogens with zero attached hydrogens (tertiary/aromatic N) is 1. The largest absolute Gasteiger partial charge is 0.455 e. The standard InChI is InChI=1S/C20H15F5N2O3/c1-10(9-28)27-19(29)11-6-14-17(22)15(21)7-16(18(14)26-8-11)30-13-4-2-12(3-5-13)20(23,24)25/h2-8,10,28H,9H2,1H3,(H,27,29)/t10-/m1/s1. The van der Waals surface area contributed by atoms with Gasteiger partial charge in [0.2, 0.25) is 0 Å². The van der Waals surface area contributed by atoms with Crippen molar-refractivity contribution in [2.75, 3.05) is 6.61 Å². The van der Waals surface area contributed by atoms with Crippen molar-refractivity contribution in [3.8, 4) is 11.5 Å². The van der Waals surface area contributed by atoms with Gasteiger partial charge in [0, 0.05) is 23.7 Å². The van der Waals surface area contributed by atoms with Crippen LogP contribution in [0.4, 0.5) is 22.0 Å². The van der Waals surface area contributed by atoms with Crippen LogP contribution in [0, 0.1) is 11.6 Å². The lowest BCUT2D eigenvalue weighted by atomic mass is 10.1. The van der Waals surface area contributed by atoms with Gasteiger partial charge < -0.3 is 15.2 Å². The Balaban J connectivity index is 1.98. The van der Waals surface area contributed by atoms with E-state index in [4.69, 9.17) is 9.84 Å². The van der Waals surface area contributed by atoms with Crippen LogP contribution in [0.3, 0.4) is 0 Å². The fourth-order valence-corrected chi connectivity index (χ4v) is 2.60. The van der Waals surface area contributed by atoms with E-state index in [2.05, 4.69) is 10.3 Å². The Morgan fingerprint density at radius 1 is 1.20 bits per heavy atom. The van der Waals surface area contributed by atoms with E-state index in [0.717, 1.165) is 42.6 Å². The average molecular weight is 426 g/mol. The van der Waals surface area contributed by atoms with Gasteiger partial charge in [0.25, 0.3) is 5.91 Å². The molecule has 0 spiro atoms. The fraction of sp³-hybridized carbons (Fsp3) is 0.200. The minimum Gasteiger partial charge on any atom is -0.455 e. The highest BCUT2D eigenvalue weighted by Gasteiger charge is 2.30. The normalized spacial score (nSPS) is 12.6. The Morgan fingerprint density at radius 3 is 2.47 bits per heavy atom. The maximum absolute atomic E-state index is 14.3. The number of rotatable bonds is 5. The molecule has 0 saturated heterocycles. The van der Waals surface area contributed by atoms with Crippen molar-refractivity contribution in [1.82, 2.24) is 10.3 Å². The van der Waals surface area contributed by atoms with Crippen LogP contribution in [0.5, 0.6) is 11.5 Å². The molecule has 3 aromatic rings. The molecule has 158 valence electrons. The summed E-state index contributed by atoms with van der Waals surface area (Å²) in [6.07, 6.45) is -3.42. The number of aromatic nitrogens is 1. The number of nitrogens with one attached hydrogen (secondary N) is 1. The highest BCUT2D eigenvalue weighted by Crippen LogP contribution is 2.34. The summed E-state index contributed by atoms with van der Waals surface area (Å²) in [5.74, 6) is -3.48. The monoisotopic (exact) mass is 426 g/mol. The van der Waals surface area contributed by atoms with Crippen LogP contribution in [-0.4, -0.2) is 28.6 Å². The number of amides is 1. The van der Waals surface area contributed by atoms with Crippen LogP contribution in [-0.2, 0) is 6.18 Å².